The molecule has 15 nitrogen and oxygen atoms in total. The summed E-state index contributed by atoms with van der Waals surface area (Å²) in [6.45, 7) is 0. The predicted octanol–water partition coefficient (Wildman–Crippen LogP) is -3.15. The normalized spacial score (nSPS) is 5.82. The third kappa shape index (κ3) is 556. The van der Waals surface area contributed by atoms with Crippen molar-refractivity contribution < 1.29 is 30.3 Å². The summed E-state index contributed by atoms with van der Waals surface area (Å²) < 4.78 is 0. The minimum absolute atomic E-state index is 0. The summed E-state index contributed by atoms with van der Waals surface area (Å²) in [5.74, 6) is 0. The SMILES string of the molecule is O=[N+]([O-])[O-].O=[N+]([O-])[O-].O=[N+]([O-])[O-].OB(O)O.[Al+3]. The molecule has 17 heavy (non-hydrogen) atoms. The molecule has 96 valence electrons. The van der Waals surface area contributed by atoms with Gasteiger partial charge in [-0.25, -0.2) is 0 Å². The number of nitrogens with zero attached hydrogens (tertiary/aromatic N) is 3. The zero-order chi connectivity index (χ0) is 14.3. The molecule has 17 heteroatoms. The van der Waals surface area contributed by atoms with Crippen molar-refractivity contribution in [1.82, 2.24) is 0 Å². The molecule has 0 heterocycles. The Hall–Kier alpha value is -1.92. The molecule has 0 spiro atoms. The van der Waals surface area contributed by atoms with Crippen molar-refractivity contribution in [3.63, 3.8) is 0 Å². The second-order valence-corrected chi connectivity index (χ2v) is 1.02. The van der Waals surface area contributed by atoms with Gasteiger partial charge in [-0.2, -0.15) is 0 Å². The fraction of sp³-hybridized carbons (Fsp3) is 0. The van der Waals surface area contributed by atoms with Gasteiger partial charge in [0.2, 0.25) is 0 Å². The first-order valence-corrected chi connectivity index (χ1v) is 2.42. The summed E-state index contributed by atoms with van der Waals surface area (Å²) in [7, 11) is -2.17. The van der Waals surface area contributed by atoms with E-state index in [4.69, 9.17) is 61.0 Å². The molecule has 0 fully saturated rings. The van der Waals surface area contributed by atoms with Gasteiger partial charge in [0.15, 0.2) is 0 Å². The van der Waals surface area contributed by atoms with Crippen molar-refractivity contribution in [2.24, 2.45) is 0 Å². The fourth-order valence-electron chi connectivity index (χ4n) is 0. The number of hydrogen-bond acceptors (Lipinski definition) is 12. The van der Waals surface area contributed by atoms with Crippen molar-refractivity contribution in [3.05, 3.63) is 46.0 Å². The molecule has 0 aliphatic rings. The summed E-state index contributed by atoms with van der Waals surface area (Å²) in [5, 5.41) is 65.8. The van der Waals surface area contributed by atoms with Gasteiger partial charge in [-0.3, -0.25) is 0 Å². The standard InChI is InChI=1S/Al.BH3O3.3NO3/c;4*2-1(3)4/h;2-4H;;;/q+3;;3*-1. The van der Waals surface area contributed by atoms with Crippen LogP contribution in [0.4, 0.5) is 0 Å². The molecule has 0 amide bonds. The third-order valence-electron chi connectivity index (χ3n) is 0. The van der Waals surface area contributed by atoms with E-state index in [1.54, 1.807) is 0 Å². The van der Waals surface area contributed by atoms with Crippen LogP contribution in [0.2, 0.25) is 0 Å². The van der Waals surface area contributed by atoms with Crippen LogP contribution in [0, 0.1) is 46.0 Å². The van der Waals surface area contributed by atoms with Crippen LogP contribution in [0.5, 0.6) is 0 Å². The Bertz CT molecular complexity index is 149. The molecule has 0 saturated carbocycles. The van der Waals surface area contributed by atoms with E-state index in [-0.39, 0.29) is 17.4 Å². The van der Waals surface area contributed by atoms with E-state index in [0.29, 0.717) is 0 Å². The molecule has 0 bridgehead atoms. The van der Waals surface area contributed by atoms with Gasteiger partial charge in [0.05, 0.1) is 15.3 Å². The maximum atomic E-state index is 8.25. The fourth-order valence-corrected chi connectivity index (χ4v) is 0. The molecule has 0 aromatic heterocycles. The zero-order valence-electron chi connectivity index (χ0n) is 7.51. The average molecular weight is 275 g/mol. The minimum Gasteiger partial charge on any atom is -0.402 e. The topological polar surface area (TPSA) is 259 Å². The largest absolute Gasteiger partial charge is 3.00 e. The molecule has 0 aromatic carbocycles. The van der Waals surface area contributed by atoms with E-state index in [9.17, 15) is 0 Å². The van der Waals surface area contributed by atoms with E-state index < -0.39 is 22.6 Å². The van der Waals surface area contributed by atoms with Gasteiger partial charge in [-0.1, -0.05) is 0 Å². The molecule has 0 unspecified atom stereocenters. The van der Waals surface area contributed by atoms with E-state index in [1.165, 1.54) is 0 Å². The summed E-state index contributed by atoms with van der Waals surface area (Å²) in [6.07, 6.45) is 0. The summed E-state index contributed by atoms with van der Waals surface area (Å²) in [5.41, 5.74) is 0. The van der Waals surface area contributed by atoms with Crippen LogP contribution >= 0.6 is 0 Å². The second-order valence-electron chi connectivity index (χ2n) is 1.02. The number of hydrogen-bond donors (Lipinski definition) is 3. The first-order valence-electron chi connectivity index (χ1n) is 2.42. The molecule has 0 aliphatic heterocycles. The van der Waals surface area contributed by atoms with Crippen molar-refractivity contribution in [3.8, 4) is 0 Å². The zero-order valence-corrected chi connectivity index (χ0v) is 8.67. The van der Waals surface area contributed by atoms with Crippen LogP contribution in [0.1, 0.15) is 0 Å². The van der Waals surface area contributed by atoms with Crippen LogP contribution in [0.25, 0.3) is 0 Å². The van der Waals surface area contributed by atoms with Crippen molar-refractivity contribution in [2.45, 2.75) is 0 Å². The van der Waals surface area contributed by atoms with Gasteiger partial charge in [0, 0.05) is 0 Å². The average Bonchev–Trinajstić information content (AvgIpc) is 1.76. The van der Waals surface area contributed by atoms with Crippen LogP contribution in [0.3, 0.4) is 0 Å². The Kier molecular flexibility index (Phi) is 41.0. The van der Waals surface area contributed by atoms with E-state index in [0.717, 1.165) is 0 Å². The summed E-state index contributed by atoms with van der Waals surface area (Å²) >= 11 is 0. The smallest absolute Gasteiger partial charge is 0.402 e. The first-order chi connectivity index (χ1) is 6.93. The van der Waals surface area contributed by atoms with Crippen LogP contribution in [-0.2, 0) is 0 Å². The summed E-state index contributed by atoms with van der Waals surface area (Å²) in [4.78, 5) is 24.8. The maximum absolute atomic E-state index is 8.25. The van der Waals surface area contributed by atoms with Crippen molar-refractivity contribution in [1.29, 1.82) is 0 Å². The molecule has 0 rings (SSSR count). The van der Waals surface area contributed by atoms with Crippen molar-refractivity contribution >= 4 is 24.7 Å². The first kappa shape index (κ1) is 29.4. The Labute approximate surface area is 102 Å². The van der Waals surface area contributed by atoms with Crippen LogP contribution < -0.4 is 0 Å². The van der Waals surface area contributed by atoms with Gasteiger partial charge in [0.1, 0.15) is 0 Å². The van der Waals surface area contributed by atoms with Gasteiger partial charge in [-0.05, 0) is 0 Å². The minimum atomic E-state index is -2.17. The van der Waals surface area contributed by atoms with Gasteiger partial charge < -0.3 is 61.0 Å². The molecular weight excluding hydrogens is 272 g/mol. The van der Waals surface area contributed by atoms with E-state index in [2.05, 4.69) is 0 Å². The van der Waals surface area contributed by atoms with Gasteiger partial charge in [-0.15, -0.1) is 0 Å². The van der Waals surface area contributed by atoms with E-state index >= 15 is 0 Å². The van der Waals surface area contributed by atoms with Gasteiger partial charge in [0.25, 0.3) is 0 Å². The van der Waals surface area contributed by atoms with Crippen molar-refractivity contribution in [2.75, 3.05) is 0 Å². The van der Waals surface area contributed by atoms with Crippen LogP contribution in [-0.4, -0.2) is 55.0 Å². The molecule has 0 aliphatic carbocycles. The quantitative estimate of drug-likeness (QED) is 0.224. The molecule has 3 N–H and O–H groups in total. The molecule has 0 aromatic rings. The third-order valence-corrected chi connectivity index (χ3v) is 0. The molecule has 0 radical (unpaired) electrons. The predicted molar refractivity (Wildman–Crippen MR) is 49.2 cm³/mol. The maximum Gasteiger partial charge on any atom is 3.00 e. The Morgan fingerprint density at radius 1 is 0.647 bits per heavy atom. The Balaban J connectivity index is -0.0000000369. The molecule has 0 saturated heterocycles. The second kappa shape index (κ2) is 23.7. The molecule has 0 atom stereocenters. The van der Waals surface area contributed by atoms with Crippen LogP contribution in [0.15, 0.2) is 0 Å². The van der Waals surface area contributed by atoms with Gasteiger partial charge >= 0.3 is 24.7 Å². The Morgan fingerprint density at radius 3 is 0.647 bits per heavy atom. The van der Waals surface area contributed by atoms with E-state index in [1.807, 2.05) is 0 Å². The Morgan fingerprint density at radius 2 is 0.647 bits per heavy atom. The monoisotopic (exact) mass is 275 g/mol. The molecular formula is H3AlBN3O12. The summed E-state index contributed by atoms with van der Waals surface area (Å²) in [6, 6.07) is 0. The number of rotatable bonds is 0.